The minimum absolute atomic E-state index is 0.0357. The summed E-state index contributed by atoms with van der Waals surface area (Å²) in [6.07, 6.45) is 7.13. The third-order valence-corrected chi connectivity index (χ3v) is 5.79. The highest BCUT2D eigenvalue weighted by Gasteiger charge is 2.45. The van der Waals surface area contributed by atoms with Crippen molar-refractivity contribution in [3.05, 3.63) is 29.3 Å². The molecule has 122 valence electrons. The SMILES string of the molecule is CCCC1CC[C@H]2C(c3ccc(OCC)c(F)c3F)CC[C@@H]12. The number of halogens is 2. The van der Waals surface area contributed by atoms with Crippen molar-refractivity contribution < 1.29 is 13.5 Å². The van der Waals surface area contributed by atoms with Crippen LogP contribution in [0.4, 0.5) is 8.78 Å². The van der Waals surface area contributed by atoms with Crippen molar-refractivity contribution in [2.45, 2.75) is 58.3 Å². The molecule has 0 amide bonds. The molecule has 3 heteroatoms. The molecular formula is C19H26F2O. The van der Waals surface area contributed by atoms with E-state index in [0.717, 1.165) is 18.3 Å². The second-order valence-electron chi connectivity index (χ2n) is 6.85. The minimum atomic E-state index is -0.814. The van der Waals surface area contributed by atoms with E-state index in [-0.39, 0.29) is 11.7 Å². The highest BCUT2D eigenvalue weighted by molar-refractivity contribution is 5.34. The first-order valence-corrected chi connectivity index (χ1v) is 8.78. The van der Waals surface area contributed by atoms with Gasteiger partial charge in [-0.05, 0) is 67.9 Å². The topological polar surface area (TPSA) is 9.23 Å². The fraction of sp³-hybridized carbons (Fsp3) is 0.684. The lowest BCUT2D eigenvalue weighted by Gasteiger charge is -2.22. The zero-order valence-electron chi connectivity index (χ0n) is 13.6. The molecule has 1 aromatic carbocycles. The second-order valence-corrected chi connectivity index (χ2v) is 6.85. The number of fused-ring (bicyclic) bond motifs is 1. The number of rotatable bonds is 5. The van der Waals surface area contributed by atoms with Gasteiger partial charge in [0.05, 0.1) is 6.61 Å². The lowest BCUT2D eigenvalue weighted by atomic mass is 9.84. The Hall–Kier alpha value is -1.12. The van der Waals surface area contributed by atoms with Gasteiger partial charge in [-0.2, -0.15) is 4.39 Å². The van der Waals surface area contributed by atoms with Gasteiger partial charge in [0.15, 0.2) is 11.6 Å². The predicted molar refractivity (Wildman–Crippen MR) is 84.1 cm³/mol. The molecule has 0 radical (unpaired) electrons. The quantitative estimate of drug-likeness (QED) is 0.679. The molecule has 3 rings (SSSR count). The summed E-state index contributed by atoms with van der Waals surface area (Å²) in [6, 6.07) is 3.35. The van der Waals surface area contributed by atoms with Crippen LogP contribution in [0.2, 0.25) is 0 Å². The van der Waals surface area contributed by atoms with Crippen LogP contribution in [0.15, 0.2) is 12.1 Å². The van der Waals surface area contributed by atoms with Crippen molar-refractivity contribution >= 4 is 0 Å². The van der Waals surface area contributed by atoms with Gasteiger partial charge in [-0.25, -0.2) is 4.39 Å². The fourth-order valence-electron chi connectivity index (χ4n) is 4.94. The van der Waals surface area contributed by atoms with E-state index in [4.69, 9.17) is 4.74 Å². The highest BCUT2D eigenvalue weighted by Crippen LogP contribution is 2.56. The van der Waals surface area contributed by atoms with Crippen LogP contribution in [-0.2, 0) is 0 Å². The summed E-state index contributed by atoms with van der Waals surface area (Å²) >= 11 is 0. The molecule has 0 aromatic heterocycles. The van der Waals surface area contributed by atoms with Gasteiger partial charge in [-0.1, -0.05) is 25.8 Å². The molecule has 1 aromatic rings. The van der Waals surface area contributed by atoms with Crippen LogP contribution in [-0.4, -0.2) is 6.61 Å². The van der Waals surface area contributed by atoms with Gasteiger partial charge < -0.3 is 4.74 Å². The molecule has 2 saturated carbocycles. The molecule has 0 bridgehead atoms. The first-order chi connectivity index (χ1) is 10.7. The monoisotopic (exact) mass is 308 g/mol. The maximum Gasteiger partial charge on any atom is 0.200 e. The Kier molecular flexibility index (Phi) is 4.70. The van der Waals surface area contributed by atoms with E-state index < -0.39 is 11.6 Å². The highest BCUT2D eigenvalue weighted by atomic mass is 19.2. The molecule has 1 nitrogen and oxygen atoms in total. The van der Waals surface area contributed by atoms with Crippen LogP contribution in [0.5, 0.6) is 5.75 Å². The number of hydrogen-bond donors (Lipinski definition) is 0. The molecule has 0 saturated heterocycles. The maximum atomic E-state index is 14.5. The lowest BCUT2D eigenvalue weighted by molar-refractivity contribution is 0.308. The van der Waals surface area contributed by atoms with Gasteiger partial charge in [0.1, 0.15) is 0 Å². The molecule has 2 aliphatic rings. The van der Waals surface area contributed by atoms with Crippen LogP contribution in [0.1, 0.15) is 63.9 Å². The van der Waals surface area contributed by atoms with Crippen LogP contribution in [0.3, 0.4) is 0 Å². The maximum absolute atomic E-state index is 14.5. The Morgan fingerprint density at radius 2 is 1.77 bits per heavy atom. The largest absolute Gasteiger partial charge is 0.491 e. The van der Waals surface area contributed by atoms with Crippen molar-refractivity contribution in [1.29, 1.82) is 0 Å². The summed E-state index contributed by atoms with van der Waals surface area (Å²) in [5, 5.41) is 0. The van der Waals surface area contributed by atoms with Crippen molar-refractivity contribution in [2.75, 3.05) is 6.61 Å². The van der Waals surface area contributed by atoms with Gasteiger partial charge in [0.25, 0.3) is 0 Å². The number of benzene rings is 1. The molecule has 2 fully saturated rings. The minimum Gasteiger partial charge on any atom is -0.491 e. The molecule has 0 spiro atoms. The van der Waals surface area contributed by atoms with E-state index in [1.807, 2.05) is 0 Å². The van der Waals surface area contributed by atoms with Crippen LogP contribution in [0, 0.1) is 29.4 Å². The van der Waals surface area contributed by atoms with Crippen molar-refractivity contribution in [3.63, 3.8) is 0 Å². The molecule has 2 aliphatic carbocycles. The van der Waals surface area contributed by atoms with Crippen molar-refractivity contribution in [3.8, 4) is 5.75 Å². The first kappa shape index (κ1) is 15.8. The van der Waals surface area contributed by atoms with Crippen LogP contribution in [0.25, 0.3) is 0 Å². The van der Waals surface area contributed by atoms with Gasteiger partial charge in [0, 0.05) is 0 Å². The summed E-state index contributed by atoms with van der Waals surface area (Å²) in [6.45, 7) is 4.36. The lowest BCUT2D eigenvalue weighted by Crippen LogP contribution is -2.13. The zero-order valence-corrected chi connectivity index (χ0v) is 13.6. The predicted octanol–water partition coefficient (Wildman–Crippen LogP) is 5.68. The summed E-state index contributed by atoms with van der Waals surface area (Å²) in [5.74, 6) is 0.796. The third-order valence-electron chi connectivity index (χ3n) is 5.79. The average Bonchev–Trinajstić information content (AvgIpc) is 3.08. The molecule has 0 aliphatic heterocycles. The molecule has 4 atom stereocenters. The molecule has 22 heavy (non-hydrogen) atoms. The average molecular weight is 308 g/mol. The summed E-state index contributed by atoms with van der Waals surface area (Å²) in [4.78, 5) is 0. The Morgan fingerprint density at radius 1 is 1.00 bits per heavy atom. The Morgan fingerprint density at radius 3 is 2.50 bits per heavy atom. The van der Waals surface area contributed by atoms with E-state index >= 15 is 0 Å². The second kappa shape index (κ2) is 6.55. The first-order valence-electron chi connectivity index (χ1n) is 8.78. The van der Waals surface area contributed by atoms with Gasteiger partial charge in [-0.15, -0.1) is 0 Å². The standard InChI is InChI=1S/C19H26F2O/c1-3-5-12-6-7-14-13(12)8-9-15(14)16-10-11-17(22-4-2)19(21)18(16)20/h10-15H,3-9H2,1-2H3/t12?,13-,14+,15?/m0/s1. The molecular weight excluding hydrogens is 282 g/mol. The van der Waals surface area contributed by atoms with Crippen molar-refractivity contribution in [2.24, 2.45) is 17.8 Å². The normalized spacial score (nSPS) is 30.5. The molecule has 0 heterocycles. The van der Waals surface area contributed by atoms with Gasteiger partial charge >= 0.3 is 0 Å². The molecule has 0 N–H and O–H groups in total. The smallest absolute Gasteiger partial charge is 0.200 e. The Labute approximate surface area is 132 Å². The Balaban J connectivity index is 1.82. The van der Waals surface area contributed by atoms with E-state index in [1.165, 1.54) is 32.1 Å². The van der Waals surface area contributed by atoms with E-state index in [1.54, 1.807) is 19.1 Å². The summed E-state index contributed by atoms with van der Waals surface area (Å²) < 4.78 is 33.8. The Bertz CT molecular complexity index is 528. The molecule has 2 unspecified atom stereocenters. The van der Waals surface area contributed by atoms with E-state index in [2.05, 4.69) is 6.92 Å². The van der Waals surface area contributed by atoms with Gasteiger partial charge in [-0.3, -0.25) is 0 Å². The summed E-state index contributed by atoms with van der Waals surface area (Å²) in [7, 11) is 0. The third kappa shape index (κ3) is 2.63. The van der Waals surface area contributed by atoms with Crippen LogP contribution < -0.4 is 4.74 Å². The van der Waals surface area contributed by atoms with E-state index in [0.29, 0.717) is 18.1 Å². The number of ether oxygens (including phenoxy) is 1. The van der Waals surface area contributed by atoms with Crippen molar-refractivity contribution in [1.82, 2.24) is 0 Å². The van der Waals surface area contributed by atoms with Crippen LogP contribution >= 0.6 is 0 Å². The fourth-order valence-corrected chi connectivity index (χ4v) is 4.94. The van der Waals surface area contributed by atoms with E-state index in [9.17, 15) is 8.78 Å². The number of hydrogen-bond acceptors (Lipinski definition) is 1. The zero-order chi connectivity index (χ0) is 15.7. The van der Waals surface area contributed by atoms with Gasteiger partial charge in [0.2, 0.25) is 5.82 Å². The summed E-state index contributed by atoms with van der Waals surface area (Å²) in [5.41, 5.74) is 0.575.